The van der Waals surface area contributed by atoms with Crippen LogP contribution in [0.2, 0.25) is 0 Å². The first-order chi connectivity index (χ1) is 7.56. The van der Waals surface area contributed by atoms with Crippen LogP contribution in [-0.4, -0.2) is 17.5 Å². The quantitative estimate of drug-likeness (QED) is 0.407. The van der Waals surface area contributed by atoms with Crippen LogP contribution in [0.25, 0.3) is 6.08 Å². The van der Waals surface area contributed by atoms with Crippen molar-refractivity contribution in [3.63, 3.8) is 0 Å². The number of aldehydes is 1. The Bertz CT molecular complexity index is 362. The minimum absolute atomic E-state index is 0.691. The van der Waals surface area contributed by atoms with Crippen molar-refractivity contribution >= 4 is 58.4 Å². The highest BCUT2D eigenvalue weighted by atomic mass is 127. The Morgan fingerprint density at radius 1 is 1.62 bits per heavy atom. The first-order valence-corrected chi connectivity index (χ1v) is 9.02. The molecule has 1 rings (SSSR count). The van der Waals surface area contributed by atoms with Crippen molar-refractivity contribution < 1.29 is 4.79 Å². The van der Waals surface area contributed by atoms with Crippen LogP contribution in [0.15, 0.2) is 22.3 Å². The number of carbonyl (C=O) groups excluding carboxylic acids is 1. The summed E-state index contributed by atoms with van der Waals surface area (Å²) in [7, 11) is 1.72. The van der Waals surface area contributed by atoms with Gasteiger partial charge in [0.1, 0.15) is 6.29 Å². The topological polar surface area (TPSA) is 30.0 Å². The molecule has 1 heterocycles. The number of halogens is 2. The highest BCUT2D eigenvalue weighted by Gasteiger charge is 2.01. The van der Waals surface area contributed by atoms with Gasteiger partial charge >= 0.3 is 0 Å². The van der Waals surface area contributed by atoms with Crippen LogP contribution in [0.3, 0.4) is 0 Å². The molecule has 0 N–H and O–H groups in total. The second-order valence-corrected chi connectivity index (χ2v) is 6.76. The summed E-state index contributed by atoms with van der Waals surface area (Å²) in [6.45, 7) is 3.68. The smallest absolute Gasteiger partial charge is 0.145 e. The van der Waals surface area contributed by atoms with E-state index in [2.05, 4.69) is 42.1 Å². The van der Waals surface area contributed by atoms with Crippen molar-refractivity contribution in [3.05, 3.63) is 33.6 Å². The molecule has 5 heteroatoms. The summed E-state index contributed by atoms with van der Waals surface area (Å²) >= 11 is 5.61. The maximum Gasteiger partial charge on any atom is 0.145 e. The third-order valence-electron chi connectivity index (χ3n) is 1.69. The lowest BCUT2D eigenvalue weighted by Gasteiger charge is -2.01. The van der Waals surface area contributed by atoms with Crippen LogP contribution in [-0.2, 0) is 4.79 Å². The minimum atomic E-state index is 0.691. The van der Waals surface area contributed by atoms with Gasteiger partial charge in [-0.2, -0.15) is 0 Å². The Kier molecular flexibility index (Phi) is 9.25. The Hall–Kier alpha value is 0.120. The van der Waals surface area contributed by atoms with E-state index in [1.165, 1.54) is 0 Å². The summed E-state index contributed by atoms with van der Waals surface area (Å²) in [5.41, 5.74) is 2.57. The van der Waals surface area contributed by atoms with Gasteiger partial charge in [-0.05, 0) is 59.0 Å². The fourth-order valence-corrected chi connectivity index (χ4v) is 1.50. The average Bonchev–Trinajstić information content (AvgIpc) is 2.24. The number of aromatic nitrogens is 1. The number of rotatable bonds is 2. The van der Waals surface area contributed by atoms with Crippen molar-refractivity contribution in [1.82, 2.24) is 4.98 Å². The van der Waals surface area contributed by atoms with E-state index >= 15 is 0 Å². The summed E-state index contributed by atoms with van der Waals surface area (Å²) in [6.07, 6.45) is 6.41. The number of aryl methyl sites for hydroxylation is 1. The van der Waals surface area contributed by atoms with E-state index in [1.807, 2.05) is 25.3 Å². The zero-order valence-electron chi connectivity index (χ0n) is 9.33. The largest absolute Gasteiger partial charge is 0.298 e. The molecule has 0 fully saturated rings. The highest BCUT2D eigenvalue weighted by Crippen LogP contribution is 2.20. The summed E-state index contributed by atoms with van der Waals surface area (Å²) in [6, 6.07) is 1.86. The summed E-state index contributed by atoms with van der Waals surface area (Å²) < 4.78 is 0.959. The monoisotopic (exact) mass is 413 g/mol. The lowest BCUT2D eigenvalue weighted by molar-refractivity contribution is -0.104. The lowest BCUT2D eigenvalue weighted by Crippen LogP contribution is -1.88. The molecule has 0 spiro atoms. The van der Waals surface area contributed by atoms with E-state index < -0.39 is 0 Å². The van der Waals surface area contributed by atoms with Gasteiger partial charge in [-0.25, -0.2) is 0 Å². The van der Waals surface area contributed by atoms with Gasteiger partial charge in [-0.3, -0.25) is 9.78 Å². The Morgan fingerprint density at radius 2 is 2.19 bits per heavy atom. The molecule has 1 aromatic heterocycles. The molecule has 0 atom stereocenters. The molecule has 16 heavy (non-hydrogen) atoms. The Morgan fingerprint density at radius 3 is 2.62 bits per heavy atom. The zero-order chi connectivity index (χ0) is 12.6. The Labute approximate surface area is 121 Å². The lowest BCUT2D eigenvalue weighted by atomic mass is 10.1. The molecule has 0 amide bonds. The average molecular weight is 414 g/mol. The molecule has 0 aliphatic heterocycles. The third kappa shape index (κ3) is 6.00. The predicted molar refractivity (Wildman–Crippen MR) is 83.9 cm³/mol. The van der Waals surface area contributed by atoms with Gasteiger partial charge in [0.25, 0.3) is 0 Å². The first-order valence-electron chi connectivity index (χ1n) is 4.46. The van der Waals surface area contributed by atoms with Gasteiger partial charge in [0.2, 0.25) is 0 Å². The SMILES string of the molecule is C/C(C=O)=C\c1c(Br)ccnc1C.CSI. The summed E-state index contributed by atoms with van der Waals surface area (Å²) in [5.74, 6) is 0. The fraction of sp³-hybridized carbons (Fsp3) is 0.273. The Balaban J connectivity index is 0.000000673. The first kappa shape index (κ1) is 16.1. The molecule has 0 radical (unpaired) electrons. The number of pyridine rings is 1. The van der Waals surface area contributed by atoms with Crippen LogP contribution in [0, 0.1) is 6.92 Å². The third-order valence-corrected chi connectivity index (χ3v) is 2.39. The molecule has 88 valence electrons. The van der Waals surface area contributed by atoms with E-state index in [0.29, 0.717) is 5.57 Å². The molecule has 0 aliphatic carbocycles. The summed E-state index contributed by atoms with van der Waals surface area (Å²) in [5, 5.41) is 0. The number of hydrogen-bond acceptors (Lipinski definition) is 3. The molecule has 2 nitrogen and oxygen atoms in total. The van der Waals surface area contributed by atoms with E-state index in [9.17, 15) is 4.79 Å². The molecule has 0 bridgehead atoms. The maximum absolute atomic E-state index is 10.4. The molecule has 0 aliphatic rings. The van der Waals surface area contributed by atoms with E-state index in [1.54, 1.807) is 22.1 Å². The molecule has 1 aromatic rings. The van der Waals surface area contributed by atoms with Crippen LogP contribution in [0.4, 0.5) is 0 Å². The minimum Gasteiger partial charge on any atom is -0.298 e. The van der Waals surface area contributed by atoms with Crippen molar-refractivity contribution in [2.24, 2.45) is 0 Å². The van der Waals surface area contributed by atoms with Gasteiger partial charge < -0.3 is 0 Å². The summed E-state index contributed by atoms with van der Waals surface area (Å²) in [4.78, 5) is 14.6. The molecule has 0 aromatic carbocycles. The van der Waals surface area contributed by atoms with E-state index in [4.69, 9.17) is 0 Å². The second-order valence-electron chi connectivity index (χ2n) is 2.95. The molecule has 0 unspecified atom stereocenters. The van der Waals surface area contributed by atoms with Crippen molar-refractivity contribution in [1.29, 1.82) is 0 Å². The van der Waals surface area contributed by atoms with E-state index in [-0.39, 0.29) is 0 Å². The van der Waals surface area contributed by atoms with Gasteiger partial charge in [-0.15, -0.1) is 0 Å². The number of carbonyl (C=O) groups is 1. The maximum atomic E-state index is 10.4. The predicted octanol–water partition coefficient (Wildman–Crippen LogP) is 4.45. The molecule has 0 saturated carbocycles. The zero-order valence-corrected chi connectivity index (χ0v) is 13.9. The van der Waals surface area contributed by atoms with E-state index in [0.717, 1.165) is 22.0 Å². The van der Waals surface area contributed by atoms with Crippen LogP contribution in [0.1, 0.15) is 18.2 Å². The number of allylic oxidation sites excluding steroid dienone is 1. The normalized spacial score (nSPS) is 10.4. The molecule has 0 saturated heterocycles. The van der Waals surface area contributed by atoms with Gasteiger partial charge in [-0.1, -0.05) is 24.9 Å². The number of nitrogens with zero attached hydrogens (tertiary/aromatic N) is 1. The fourth-order valence-electron chi connectivity index (χ4n) is 0.982. The van der Waals surface area contributed by atoms with Crippen molar-refractivity contribution in [2.75, 3.05) is 6.26 Å². The van der Waals surface area contributed by atoms with Gasteiger partial charge in [0.05, 0.1) is 0 Å². The highest BCUT2D eigenvalue weighted by molar-refractivity contribution is 14.2. The van der Waals surface area contributed by atoms with Crippen LogP contribution < -0.4 is 0 Å². The molecular weight excluding hydrogens is 401 g/mol. The van der Waals surface area contributed by atoms with Crippen molar-refractivity contribution in [2.45, 2.75) is 13.8 Å². The van der Waals surface area contributed by atoms with Crippen molar-refractivity contribution in [3.8, 4) is 0 Å². The molecular formula is C11H13BrINOS. The van der Waals surface area contributed by atoms with Crippen LogP contribution >= 0.6 is 46.1 Å². The van der Waals surface area contributed by atoms with Gasteiger partial charge in [0.15, 0.2) is 0 Å². The van der Waals surface area contributed by atoms with Crippen LogP contribution in [0.5, 0.6) is 0 Å². The van der Waals surface area contributed by atoms with Gasteiger partial charge in [0, 0.05) is 21.9 Å². The second kappa shape index (κ2) is 9.18. The number of hydrogen-bond donors (Lipinski definition) is 0. The standard InChI is InChI=1S/C10H10BrNO.CH3IS/c1-7(6-13)5-9-8(2)12-4-3-10(9)11;1-3-2/h3-6H,1-2H3;1H3/b7-5+;.